The Bertz CT molecular complexity index is 556. The van der Waals surface area contributed by atoms with E-state index in [0.29, 0.717) is 12.0 Å². The molecule has 0 aliphatic rings. The summed E-state index contributed by atoms with van der Waals surface area (Å²) in [5, 5.41) is 10.1. The summed E-state index contributed by atoms with van der Waals surface area (Å²) in [6.45, 7) is 1.97. The molecule has 2 aromatic carbocycles. The van der Waals surface area contributed by atoms with Crippen LogP contribution in [0.3, 0.4) is 0 Å². The van der Waals surface area contributed by atoms with Crippen LogP contribution >= 0.6 is 0 Å². The predicted octanol–water partition coefficient (Wildman–Crippen LogP) is 4.29. The average Bonchev–Trinajstić information content (AvgIpc) is 2.40. The predicted molar refractivity (Wildman–Crippen MR) is 71.3 cm³/mol. The van der Waals surface area contributed by atoms with Gasteiger partial charge in [0.05, 0.1) is 11.7 Å². The Hall–Kier alpha value is -1.81. The normalized spacial score (nSPS) is 13.2. The molecule has 0 radical (unpaired) electrons. The van der Waals surface area contributed by atoms with E-state index in [1.54, 1.807) is 0 Å². The lowest BCUT2D eigenvalue weighted by atomic mass is 10.00. The molecule has 106 valence electrons. The van der Waals surface area contributed by atoms with E-state index in [4.69, 9.17) is 0 Å². The lowest BCUT2D eigenvalue weighted by molar-refractivity contribution is -0.137. The van der Waals surface area contributed by atoms with Crippen molar-refractivity contribution in [2.24, 2.45) is 0 Å². The molecular weight excluding hydrogens is 265 g/mol. The molecule has 0 aromatic heterocycles. The minimum absolute atomic E-state index is 0.381. The van der Waals surface area contributed by atoms with Crippen molar-refractivity contribution >= 4 is 0 Å². The van der Waals surface area contributed by atoms with Crippen LogP contribution in [0.4, 0.5) is 13.2 Å². The van der Waals surface area contributed by atoms with E-state index < -0.39 is 17.8 Å². The Labute approximate surface area is 115 Å². The van der Waals surface area contributed by atoms with Crippen LogP contribution in [0.15, 0.2) is 48.5 Å². The first-order chi connectivity index (χ1) is 9.36. The third-order valence-corrected chi connectivity index (χ3v) is 3.17. The summed E-state index contributed by atoms with van der Waals surface area (Å²) in [5.74, 6) is 0. The maximum Gasteiger partial charge on any atom is 0.416 e. The van der Waals surface area contributed by atoms with Gasteiger partial charge in [0.1, 0.15) is 0 Å². The summed E-state index contributed by atoms with van der Waals surface area (Å²) < 4.78 is 37.3. The number of alkyl halides is 3. The topological polar surface area (TPSA) is 20.2 Å². The van der Waals surface area contributed by atoms with Crippen molar-refractivity contribution in [2.45, 2.75) is 25.6 Å². The highest BCUT2D eigenvalue weighted by Gasteiger charge is 2.30. The molecular formula is C16H15F3O. The summed E-state index contributed by atoms with van der Waals surface area (Å²) >= 11 is 0. The molecule has 4 heteroatoms. The third-order valence-electron chi connectivity index (χ3n) is 3.17. The van der Waals surface area contributed by atoms with Gasteiger partial charge in [0, 0.05) is 6.42 Å². The summed E-state index contributed by atoms with van der Waals surface area (Å²) in [4.78, 5) is 0. The quantitative estimate of drug-likeness (QED) is 0.889. The Balaban J connectivity index is 2.09. The van der Waals surface area contributed by atoms with Crippen molar-refractivity contribution in [3.63, 3.8) is 0 Å². The van der Waals surface area contributed by atoms with Gasteiger partial charge in [-0.3, -0.25) is 0 Å². The highest BCUT2D eigenvalue weighted by Crippen LogP contribution is 2.30. The lowest BCUT2D eigenvalue weighted by Gasteiger charge is -2.13. The average molecular weight is 280 g/mol. The summed E-state index contributed by atoms with van der Waals surface area (Å²) in [6.07, 6.45) is -4.77. The first-order valence-corrected chi connectivity index (χ1v) is 6.27. The molecule has 2 rings (SSSR count). The van der Waals surface area contributed by atoms with Crippen molar-refractivity contribution in [2.75, 3.05) is 0 Å². The van der Waals surface area contributed by atoms with E-state index in [1.807, 2.05) is 31.2 Å². The Morgan fingerprint density at radius 1 is 0.950 bits per heavy atom. The molecule has 0 saturated carbocycles. The second-order valence-electron chi connectivity index (χ2n) is 4.83. The standard InChI is InChI=1S/C16H15F3O/c1-11-2-4-12(5-3-11)10-15(20)13-6-8-14(9-7-13)16(17,18)19/h2-9,15,20H,10H2,1H3. The number of aliphatic hydroxyl groups is 1. The van der Waals surface area contributed by atoms with Gasteiger partial charge < -0.3 is 5.11 Å². The maximum atomic E-state index is 12.4. The Morgan fingerprint density at radius 2 is 1.50 bits per heavy atom. The zero-order chi connectivity index (χ0) is 14.8. The Kier molecular flexibility index (Phi) is 4.14. The number of hydrogen-bond donors (Lipinski definition) is 1. The molecule has 0 fully saturated rings. The van der Waals surface area contributed by atoms with Crippen molar-refractivity contribution in [3.8, 4) is 0 Å². The van der Waals surface area contributed by atoms with Gasteiger partial charge in [0.25, 0.3) is 0 Å². The fourth-order valence-electron chi connectivity index (χ4n) is 1.96. The van der Waals surface area contributed by atoms with Gasteiger partial charge in [-0.1, -0.05) is 42.0 Å². The molecule has 0 bridgehead atoms. The molecule has 1 unspecified atom stereocenters. The van der Waals surface area contributed by atoms with Gasteiger partial charge in [0.2, 0.25) is 0 Å². The zero-order valence-electron chi connectivity index (χ0n) is 11.0. The second kappa shape index (κ2) is 5.67. The van der Waals surface area contributed by atoms with E-state index in [1.165, 1.54) is 12.1 Å². The fourth-order valence-corrected chi connectivity index (χ4v) is 1.96. The number of hydrogen-bond acceptors (Lipinski definition) is 1. The Morgan fingerprint density at radius 3 is 2.00 bits per heavy atom. The van der Waals surface area contributed by atoms with Crippen molar-refractivity contribution in [1.82, 2.24) is 0 Å². The molecule has 0 heterocycles. The largest absolute Gasteiger partial charge is 0.416 e. The monoisotopic (exact) mass is 280 g/mol. The molecule has 20 heavy (non-hydrogen) atoms. The van der Waals surface area contributed by atoms with Crippen LogP contribution in [0.5, 0.6) is 0 Å². The van der Waals surface area contributed by atoms with E-state index in [9.17, 15) is 18.3 Å². The SMILES string of the molecule is Cc1ccc(CC(O)c2ccc(C(F)(F)F)cc2)cc1. The van der Waals surface area contributed by atoms with Gasteiger partial charge >= 0.3 is 6.18 Å². The number of aryl methyl sites for hydroxylation is 1. The van der Waals surface area contributed by atoms with E-state index in [-0.39, 0.29) is 0 Å². The summed E-state index contributed by atoms with van der Waals surface area (Å²) in [7, 11) is 0. The van der Waals surface area contributed by atoms with Gasteiger partial charge in [-0.25, -0.2) is 0 Å². The highest BCUT2D eigenvalue weighted by molar-refractivity contribution is 5.28. The van der Waals surface area contributed by atoms with Crippen LogP contribution in [0, 0.1) is 6.92 Å². The summed E-state index contributed by atoms with van der Waals surface area (Å²) in [5.41, 5.74) is 1.85. The third kappa shape index (κ3) is 3.61. The summed E-state index contributed by atoms with van der Waals surface area (Å²) in [6, 6.07) is 12.3. The van der Waals surface area contributed by atoms with Crippen LogP contribution in [0.1, 0.15) is 28.4 Å². The fraction of sp³-hybridized carbons (Fsp3) is 0.250. The molecule has 0 spiro atoms. The van der Waals surface area contributed by atoms with Gasteiger partial charge in [-0.15, -0.1) is 0 Å². The van der Waals surface area contributed by atoms with E-state index in [0.717, 1.165) is 23.3 Å². The van der Waals surface area contributed by atoms with Gasteiger partial charge in [-0.2, -0.15) is 13.2 Å². The van der Waals surface area contributed by atoms with Gasteiger partial charge in [0.15, 0.2) is 0 Å². The first-order valence-electron chi connectivity index (χ1n) is 6.27. The van der Waals surface area contributed by atoms with Crippen LogP contribution in [-0.2, 0) is 12.6 Å². The number of benzene rings is 2. The van der Waals surface area contributed by atoms with Crippen molar-refractivity contribution < 1.29 is 18.3 Å². The van der Waals surface area contributed by atoms with Gasteiger partial charge in [-0.05, 0) is 30.2 Å². The van der Waals surface area contributed by atoms with Crippen molar-refractivity contribution in [3.05, 3.63) is 70.8 Å². The van der Waals surface area contributed by atoms with Crippen molar-refractivity contribution in [1.29, 1.82) is 0 Å². The zero-order valence-corrected chi connectivity index (χ0v) is 11.0. The maximum absolute atomic E-state index is 12.4. The van der Waals surface area contributed by atoms with E-state index >= 15 is 0 Å². The molecule has 0 saturated heterocycles. The molecule has 1 atom stereocenters. The smallest absolute Gasteiger partial charge is 0.388 e. The number of aliphatic hydroxyl groups excluding tert-OH is 1. The minimum atomic E-state index is -4.35. The molecule has 0 amide bonds. The molecule has 0 aliphatic carbocycles. The molecule has 2 aromatic rings. The van der Waals surface area contributed by atoms with Crippen LogP contribution in [-0.4, -0.2) is 5.11 Å². The van der Waals surface area contributed by atoms with E-state index in [2.05, 4.69) is 0 Å². The number of halogens is 3. The minimum Gasteiger partial charge on any atom is -0.388 e. The second-order valence-corrected chi connectivity index (χ2v) is 4.83. The van der Waals surface area contributed by atoms with Crippen LogP contribution in [0.25, 0.3) is 0 Å². The van der Waals surface area contributed by atoms with Crippen LogP contribution in [0.2, 0.25) is 0 Å². The highest BCUT2D eigenvalue weighted by atomic mass is 19.4. The first kappa shape index (κ1) is 14.6. The molecule has 0 aliphatic heterocycles. The molecule has 1 nitrogen and oxygen atoms in total. The van der Waals surface area contributed by atoms with Crippen LogP contribution < -0.4 is 0 Å². The lowest BCUT2D eigenvalue weighted by Crippen LogP contribution is -2.06. The molecule has 1 N–H and O–H groups in total. The number of rotatable bonds is 3.